The van der Waals surface area contributed by atoms with Crippen molar-refractivity contribution in [2.45, 2.75) is 20.3 Å². The molecule has 2 heteroatoms. The molecule has 0 atom stereocenters. The summed E-state index contributed by atoms with van der Waals surface area (Å²) >= 11 is 5.54. The van der Waals surface area contributed by atoms with E-state index in [0.717, 1.165) is 10.6 Å². The lowest BCUT2D eigenvalue weighted by atomic mass is 10.1. The van der Waals surface area contributed by atoms with Crippen LogP contribution in [-0.2, 0) is 11.2 Å². The topological polar surface area (TPSA) is 17.1 Å². The Morgan fingerprint density at radius 3 is 1.94 bits per heavy atom. The molecular weight excluding hydrogens is 244 g/mol. The normalized spacial score (nSPS) is 9.28. The average molecular weight is 261 g/mol. The molecule has 2 aromatic carbocycles. The molecule has 0 aromatic heterocycles. The molecule has 0 saturated heterocycles. The highest BCUT2D eigenvalue weighted by Crippen LogP contribution is 2.04. The van der Waals surface area contributed by atoms with Gasteiger partial charge in [0.2, 0.25) is 0 Å². The van der Waals surface area contributed by atoms with Crippen LogP contribution < -0.4 is 0 Å². The van der Waals surface area contributed by atoms with Crippen LogP contribution in [0.4, 0.5) is 0 Å². The molecule has 2 rings (SSSR count). The number of rotatable bonds is 2. The molecule has 18 heavy (non-hydrogen) atoms. The molecule has 0 amide bonds. The first-order valence-electron chi connectivity index (χ1n) is 5.83. The van der Waals surface area contributed by atoms with Gasteiger partial charge in [-0.1, -0.05) is 59.6 Å². The second-order valence-corrected chi connectivity index (χ2v) is 4.60. The van der Waals surface area contributed by atoms with Crippen molar-refractivity contribution in [3.05, 3.63) is 70.7 Å². The molecule has 0 spiro atoms. The zero-order valence-electron chi connectivity index (χ0n) is 10.7. The second kappa shape index (κ2) is 7.67. The van der Waals surface area contributed by atoms with E-state index in [1.165, 1.54) is 5.56 Å². The van der Waals surface area contributed by atoms with Crippen molar-refractivity contribution < 1.29 is 4.79 Å². The Morgan fingerprint density at radius 1 is 1.00 bits per heavy atom. The summed E-state index contributed by atoms with van der Waals surface area (Å²) in [6.45, 7) is 3.65. The van der Waals surface area contributed by atoms with Crippen molar-refractivity contribution in [3.63, 3.8) is 0 Å². The van der Waals surface area contributed by atoms with Crippen LogP contribution in [0.15, 0.2) is 54.6 Å². The van der Waals surface area contributed by atoms with Crippen LogP contribution in [0.2, 0.25) is 5.02 Å². The van der Waals surface area contributed by atoms with Crippen LogP contribution in [0.25, 0.3) is 0 Å². The van der Waals surface area contributed by atoms with Crippen molar-refractivity contribution in [3.8, 4) is 0 Å². The Morgan fingerprint density at radius 2 is 1.56 bits per heavy atom. The largest absolute Gasteiger partial charge is 0.300 e. The number of hydrogen-bond donors (Lipinski definition) is 0. The monoisotopic (exact) mass is 260 g/mol. The molecule has 0 aliphatic rings. The Balaban J connectivity index is 0.000000199. The second-order valence-electron chi connectivity index (χ2n) is 4.16. The molecule has 0 N–H and O–H groups in total. The van der Waals surface area contributed by atoms with Crippen molar-refractivity contribution in [2.24, 2.45) is 0 Å². The van der Waals surface area contributed by atoms with E-state index in [0.29, 0.717) is 6.42 Å². The number of hydrogen-bond acceptors (Lipinski definition) is 1. The van der Waals surface area contributed by atoms with Gasteiger partial charge in [0.05, 0.1) is 0 Å². The van der Waals surface area contributed by atoms with Crippen LogP contribution in [0.1, 0.15) is 18.1 Å². The SMILES string of the molecule is CC(=O)Cc1ccc(C)cc1.Clc1ccccc1. The number of benzene rings is 2. The van der Waals surface area contributed by atoms with E-state index in [-0.39, 0.29) is 5.78 Å². The fourth-order valence-corrected chi connectivity index (χ4v) is 1.55. The molecule has 0 aliphatic heterocycles. The minimum Gasteiger partial charge on any atom is -0.300 e. The summed E-state index contributed by atoms with van der Waals surface area (Å²) in [7, 11) is 0. The van der Waals surface area contributed by atoms with E-state index in [4.69, 9.17) is 11.6 Å². The molecule has 2 aromatic rings. The van der Waals surface area contributed by atoms with Gasteiger partial charge < -0.3 is 0 Å². The molecule has 1 nitrogen and oxygen atoms in total. The zero-order chi connectivity index (χ0) is 13.4. The highest BCUT2D eigenvalue weighted by atomic mass is 35.5. The molecule has 0 saturated carbocycles. The van der Waals surface area contributed by atoms with E-state index < -0.39 is 0 Å². The average Bonchev–Trinajstić information content (AvgIpc) is 2.33. The van der Waals surface area contributed by atoms with Crippen LogP contribution >= 0.6 is 11.6 Å². The van der Waals surface area contributed by atoms with E-state index in [1.54, 1.807) is 6.92 Å². The number of halogens is 1. The van der Waals surface area contributed by atoms with Gasteiger partial charge in [-0.05, 0) is 31.5 Å². The third-order valence-electron chi connectivity index (χ3n) is 2.31. The van der Waals surface area contributed by atoms with Gasteiger partial charge in [0, 0.05) is 11.4 Å². The highest BCUT2D eigenvalue weighted by Gasteiger charge is 1.95. The third kappa shape index (κ3) is 6.21. The number of ketones is 1. The number of aryl methyl sites for hydroxylation is 1. The molecule has 0 aliphatic carbocycles. The number of carbonyl (C=O) groups is 1. The van der Waals surface area contributed by atoms with Gasteiger partial charge in [-0.15, -0.1) is 0 Å². The smallest absolute Gasteiger partial charge is 0.134 e. The van der Waals surface area contributed by atoms with Gasteiger partial charge in [0.1, 0.15) is 5.78 Å². The lowest BCUT2D eigenvalue weighted by Crippen LogP contribution is -1.95. The maximum absolute atomic E-state index is 10.7. The lowest BCUT2D eigenvalue weighted by Gasteiger charge is -1.96. The molecule has 0 bridgehead atoms. The Kier molecular flexibility index (Phi) is 6.16. The molecule has 94 valence electrons. The summed E-state index contributed by atoms with van der Waals surface area (Å²) in [5.74, 6) is 0.217. The quantitative estimate of drug-likeness (QED) is 0.779. The molecule has 0 heterocycles. The summed E-state index contributed by atoms with van der Waals surface area (Å²) in [5, 5.41) is 0.794. The fraction of sp³-hybridized carbons (Fsp3) is 0.188. The fourth-order valence-electron chi connectivity index (χ4n) is 1.41. The predicted molar refractivity (Wildman–Crippen MR) is 77.0 cm³/mol. The summed E-state index contributed by atoms with van der Waals surface area (Å²) in [6.07, 6.45) is 0.556. The summed E-state index contributed by atoms with van der Waals surface area (Å²) in [4.78, 5) is 10.7. The number of carbonyl (C=O) groups excluding carboxylic acids is 1. The predicted octanol–water partition coefficient (Wildman–Crippen LogP) is 4.47. The minimum atomic E-state index is 0.217. The Labute approximate surface area is 113 Å². The van der Waals surface area contributed by atoms with Crippen LogP contribution in [0, 0.1) is 6.92 Å². The molecular formula is C16H17ClO. The van der Waals surface area contributed by atoms with E-state index in [2.05, 4.69) is 0 Å². The summed E-state index contributed by atoms with van der Waals surface area (Å²) in [5.41, 5.74) is 2.33. The molecule has 0 unspecified atom stereocenters. The first-order valence-corrected chi connectivity index (χ1v) is 6.21. The molecule has 0 fully saturated rings. The third-order valence-corrected chi connectivity index (χ3v) is 2.56. The van der Waals surface area contributed by atoms with Gasteiger partial charge in [-0.25, -0.2) is 0 Å². The summed E-state index contributed by atoms with van der Waals surface area (Å²) in [6, 6.07) is 17.5. The van der Waals surface area contributed by atoms with Gasteiger partial charge in [0.25, 0.3) is 0 Å². The van der Waals surface area contributed by atoms with Crippen molar-refractivity contribution >= 4 is 17.4 Å². The van der Waals surface area contributed by atoms with Gasteiger partial charge >= 0.3 is 0 Å². The van der Waals surface area contributed by atoms with Crippen molar-refractivity contribution in [1.82, 2.24) is 0 Å². The zero-order valence-corrected chi connectivity index (χ0v) is 11.4. The van der Waals surface area contributed by atoms with Gasteiger partial charge in [-0.3, -0.25) is 4.79 Å². The maximum Gasteiger partial charge on any atom is 0.134 e. The first-order chi connectivity index (χ1) is 8.58. The van der Waals surface area contributed by atoms with Crippen LogP contribution in [0.3, 0.4) is 0 Å². The van der Waals surface area contributed by atoms with E-state index in [1.807, 2.05) is 61.5 Å². The number of Topliss-reactive ketones (excluding diaryl/α,β-unsaturated/α-hetero) is 1. The highest BCUT2D eigenvalue weighted by molar-refractivity contribution is 6.30. The van der Waals surface area contributed by atoms with E-state index in [9.17, 15) is 4.79 Å². The molecule has 0 radical (unpaired) electrons. The maximum atomic E-state index is 10.7. The van der Waals surface area contributed by atoms with Gasteiger partial charge in [-0.2, -0.15) is 0 Å². The minimum absolute atomic E-state index is 0.217. The lowest BCUT2D eigenvalue weighted by molar-refractivity contribution is -0.116. The van der Waals surface area contributed by atoms with Crippen LogP contribution in [-0.4, -0.2) is 5.78 Å². The van der Waals surface area contributed by atoms with Gasteiger partial charge in [0.15, 0.2) is 0 Å². The Hall–Kier alpha value is -1.60. The summed E-state index contributed by atoms with van der Waals surface area (Å²) < 4.78 is 0. The first kappa shape index (κ1) is 14.5. The van der Waals surface area contributed by atoms with Crippen molar-refractivity contribution in [2.75, 3.05) is 0 Å². The standard InChI is InChI=1S/C10H12O.C6H5Cl/c1-8-3-5-10(6-4-8)7-9(2)11;7-6-4-2-1-3-5-6/h3-6H,7H2,1-2H3;1-5H. The van der Waals surface area contributed by atoms with Crippen molar-refractivity contribution in [1.29, 1.82) is 0 Å². The van der Waals surface area contributed by atoms with E-state index >= 15 is 0 Å². The van der Waals surface area contributed by atoms with Crippen LogP contribution in [0.5, 0.6) is 0 Å². The Bertz CT molecular complexity index is 474.